The molecular formula is C14H23BrN2O2S. The Bertz CT molecular complexity index is 546. The summed E-state index contributed by atoms with van der Waals surface area (Å²) in [5.41, 5.74) is 6.15. The molecule has 0 aromatic heterocycles. The number of nitrogen functional groups attached to an aromatic ring is 1. The summed E-state index contributed by atoms with van der Waals surface area (Å²) in [5.74, 6) is 0. The van der Waals surface area contributed by atoms with E-state index in [0.717, 1.165) is 19.3 Å². The normalized spacial score (nSPS) is 13.7. The first-order valence-corrected chi connectivity index (χ1v) is 9.14. The van der Waals surface area contributed by atoms with Crippen LogP contribution in [0.1, 0.15) is 40.0 Å². The Morgan fingerprint density at radius 3 is 2.55 bits per heavy atom. The molecule has 0 heterocycles. The minimum atomic E-state index is -3.56. The van der Waals surface area contributed by atoms with E-state index in [1.807, 2.05) is 13.8 Å². The zero-order chi connectivity index (χ0) is 15.3. The predicted molar refractivity (Wildman–Crippen MR) is 87.1 cm³/mol. The van der Waals surface area contributed by atoms with Crippen molar-refractivity contribution < 1.29 is 8.42 Å². The zero-order valence-corrected chi connectivity index (χ0v) is 14.7. The molecular weight excluding hydrogens is 340 g/mol. The van der Waals surface area contributed by atoms with Crippen molar-refractivity contribution in [2.75, 3.05) is 12.3 Å². The second kappa shape index (κ2) is 7.43. The van der Waals surface area contributed by atoms with Crippen LogP contribution >= 0.6 is 15.9 Å². The molecule has 0 spiro atoms. The fourth-order valence-electron chi connectivity index (χ4n) is 1.95. The molecule has 0 saturated heterocycles. The van der Waals surface area contributed by atoms with Gasteiger partial charge in [-0.3, -0.25) is 0 Å². The molecule has 0 bridgehead atoms. The third kappa shape index (κ3) is 3.96. The average molecular weight is 363 g/mol. The van der Waals surface area contributed by atoms with E-state index in [1.165, 1.54) is 0 Å². The van der Waals surface area contributed by atoms with Crippen molar-refractivity contribution in [1.29, 1.82) is 0 Å². The van der Waals surface area contributed by atoms with Crippen LogP contribution in [-0.2, 0) is 10.0 Å². The highest BCUT2D eigenvalue weighted by molar-refractivity contribution is 9.10. The number of hydrogen-bond acceptors (Lipinski definition) is 3. The van der Waals surface area contributed by atoms with Crippen LogP contribution in [0.15, 0.2) is 27.6 Å². The van der Waals surface area contributed by atoms with Crippen LogP contribution in [0.5, 0.6) is 0 Å². The summed E-state index contributed by atoms with van der Waals surface area (Å²) in [6, 6.07) is 4.90. The van der Waals surface area contributed by atoms with Crippen LogP contribution in [0.2, 0.25) is 0 Å². The number of hydrogen-bond donors (Lipinski definition) is 1. The number of nitrogens with two attached hydrogens (primary N) is 1. The van der Waals surface area contributed by atoms with Gasteiger partial charge in [0.2, 0.25) is 10.0 Å². The van der Waals surface area contributed by atoms with Gasteiger partial charge in [0, 0.05) is 17.1 Å². The summed E-state index contributed by atoms with van der Waals surface area (Å²) in [6.45, 7) is 6.50. The summed E-state index contributed by atoms with van der Waals surface area (Å²) in [5, 5.41) is 0. The van der Waals surface area contributed by atoms with E-state index in [2.05, 4.69) is 22.9 Å². The lowest BCUT2D eigenvalue weighted by atomic mass is 10.2. The second-order valence-corrected chi connectivity index (χ2v) is 7.68. The summed E-state index contributed by atoms with van der Waals surface area (Å²) >= 11 is 3.31. The summed E-state index contributed by atoms with van der Waals surface area (Å²) in [6.07, 6.45) is 2.57. The van der Waals surface area contributed by atoms with E-state index in [9.17, 15) is 8.42 Å². The van der Waals surface area contributed by atoms with Crippen molar-refractivity contribution in [1.82, 2.24) is 4.31 Å². The monoisotopic (exact) mass is 362 g/mol. The van der Waals surface area contributed by atoms with Gasteiger partial charge >= 0.3 is 0 Å². The molecule has 1 aromatic carbocycles. The van der Waals surface area contributed by atoms with Gasteiger partial charge in [-0.1, -0.05) is 36.2 Å². The highest BCUT2D eigenvalue weighted by Crippen LogP contribution is 2.28. The van der Waals surface area contributed by atoms with Gasteiger partial charge in [0.1, 0.15) is 4.90 Å². The van der Waals surface area contributed by atoms with E-state index < -0.39 is 10.0 Å². The molecule has 0 aliphatic heterocycles. The second-order valence-electron chi connectivity index (χ2n) is 4.91. The number of sulfonamides is 1. The van der Waals surface area contributed by atoms with Crippen molar-refractivity contribution in [2.45, 2.75) is 51.0 Å². The minimum absolute atomic E-state index is 0.0371. The van der Waals surface area contributed by atoms with Gasteiger partial charge in [0.05, 0.1) is 5.69 Å². The molecule has 1 unspecified atom stereocenters. The summed E-state index contributed by atoms with van der Waals surface area (Å²) in [7, 11) is -3.56. The standard InChI is InChI=1S/C14H23BrN2O2S/c1-4-6-9-17(11(3)5-2)20(18,19)14-10-12(15)7-8-13(14)16/h7-8,10-11H,4-6,9,16H2,1-3H3. The van der Waals surface area contributed by atoms with Crippen LogP contribution in [0.3, 0.4) is 0 Å². The molecule has 6 heteroatoms. The first kappa shape index (κ1) is 17.5. The molecule has 4 nitrogen and oxygen atoms in total. The number of benzene rings is 1. The Morgan fingerprint density at radius 2 is 2.00 bits per heavy atom. The largest absolute Gasteiger partial charge is 0.398 e. The maximum atomic E-state index is 12.8. The quantitative estimate of drug-likeness (QED) is 0.753. The summed E-state index contributed by atoms with van der Waals surface area (Å²) in [4.78, 5) is 0.184. The Morgan fingerprint density at radius 1 is 1.35 bits per heavy atom. The maximum absolute atomic E-state index is 12.8. The predicted octanol–water partition coefficient (Wildman–Crippen LogP) is 3.62. The van der Waals surface area contributed by atoms with Crippen molar-refractivity contribution in [3.63, 3.8) is 0 Å². The highest BCUT2D eigenvalue weighted by atomic mass is 79.9. The third-order valence-corrected chi connectivity index (χ3v) is 5.94. The van der Waals surface area contributed by atoms with Crippen LogP contribution in [-0.4, -0.2) is 25.3 Å². The van der Waals surface area contributed by atoms with Gasteiger partial charge in [-0.15, -0.1) is 0 Å². The van der Waals surface area contributed by atoms with Crippen LogP contribution in [0.25, 0.3) is 0 Å². The molecule has 0 radical (unpaired) electrons. The van der Waals surface area contributed by atoms with Gasteiger partial charge in [-0.05, 0) is 38.0 Å². The SMILES string of the molecule is CCCCN(C(C)CC)S(=O)(=O)c1cc(Br)ccc1N. The lowest BCUT2D eigenvalue weighted by molar-refractivity contribution is 0.324. The Hall–Kier alpha value is -0.590. The Kier molecular flexibility index (Phi) is 6.48. The third-order valence-electron chi connectivity index (χ3n) is 3.38. The number of nitrogens with zero attached hydrogens (tertiary/aromatic N) is 1. The van der Waals surface area contributed by atoms with Gasteiger partial charge in [-0.25, -0.2) is 8.42 Å². The topological polar surface area (TPSA) is 63.4 Å². The molecule has 1 rings (SSSR count). The number of unbranched alkanes of at least 4 members (excludes halogenated alkanes) is 1. The molecule has 0 aliphatic carbocycles. The Labute approximate surface area is 130 Å². The van der Waals surface area contributed by atoms with Gasteiger partial charge in [0.15, 0.2) is 0 Å². The average Bonchev–Trinajstić information content (AvgIpc) is 2.41. The van der Waals surface area contributed by atoms with Crippen LogP contribution in [0, 0.1) is 0 Å². The van der Waals surface area contributed by atoms with E-state index >= 15 is 0 Å². The smallest absolute Gasteiger partial charge is 0.245 e. The van der Waals surface area contributed by atoms with Crippen molar-refractivity contribution in [2.24, 2.45) is 0 Å². The van der Waals surface area contributed by atoms with Gasteiger partial charge in [-0.2, -0.15) is 4.31 Å². The molecule has 0 amide bonds. The number of rotatable bonds is 7. The maximum Gasteiger partial charge on any atom is 0.245 e. The first-order valence-electron chi connectivity index (χ1n) is 6.91. The fourth-order valence-corrected chi connectivity index (χ4v) is 4.35. The number of halogens is 1. The van der Waals surface area contributed by atoms with E-state index in [-0.39, 0.29) is 16.6 Å². The minimum Gasteiger partial charge on any atom is -0.398 e. The molecule has 0 fully saturated rings. The Balaban J connectivity index is 3.24. The van der Waals surface area contributed by atoms with Crippen LogP contribution in [0.4, 0.5) is 5.69 Å². The molecule has 1 atom stereocenters. The molecule has 1 aromatic rings. The lowest BCUT2D eigenvalue weighted by Crippen LogP contribution is -2.39. The van der Waals surface area contributed by atoms with E-state index in [1.54, 1.807) is 22.5 Å². The molecule has 2 N–H and O–H groups in total. The molecule has 20 heavy (non-hydrogen) atoms. The van der Waals surface area contributed by atoms with Crippen molar-refractivity contribution in [3.8, 4) is 0 Å². The first-order chi connectivity index (χ1) is 9.34. The number of anilines is 1. The van der Waals surface area contributed by atoms with E-state index in [0.29, 0.717) is 11.0 Å². The summed E-state index contributed by atoms with van der Waals surface area (Å²) < 4.78 is 28.0. The molecule has 0 saturated carbocycles. The highest BCUT2D eigenvalue weighted by Gasteiger charge is 2.29. The van der Waals surface area contributed by atoms with Gasteiger partial charge < -0.3 is 5.73 Å². The van der Waals surface area contributed by atoms with Crippen molar-refractivity contribution >= 4 is 31.6 Å². The van der Waals surface area contributed by atoms with E-state index in [4.69, 9.17) is 5.73 Å². The van der Waals surface area contributed by atoms with Gasteiger partial charge in [0.25, 0.3) is 0 Å². The lowest BCUT2D eigenvalue weighted by Gasteiger charge is -2.28. The van der Waals surface area contributed by atoms with Crippen LogP contribution < -0.4 is 5.73 Å². The molecule has 114 valence electrons. The molecule has 0 aliphatic rings. The zero-order valence-electron chi connectivity index (χ0n) is 12.3. The fraction of sp³-hybridized carbons (Fsp3) is 0.571. The van der Waals surface area contributed by atoms with Crippen molar-refractivity contribution in [3.05, 3.63) is 22.7 Å².